The Balaban J connectivity index is 1.65. The monoisotopic (exact) mass is 437 g/mol. The largest absolute Gasteiger partial charge is 0.379 e. The summed E-state index contributed by atoms with van der Waals surface area (Å²) in [7, 11) is 0. The SMILES string of the molecule is CC[C@H](CN1CCOCC1)N1CC(C)=C2C1=CC(C)=CN2c1ccc(C(C)C)nc1CN. The van der Waals surface area contributed by atoms with Gasteiger partial charge in [0, 0.05) is 50.7 Å². The van der Waals surface area contributed by atoms with Crippen LogP contribution in [0.25, 0.3) is 0 Å². The molecule has 0 aliphatic carbocycles. The third kappa shape index (κ3) is 4.49. The van der Waals surface area contributed by atoms with Crippen LogP contribution in [0.1, 0.15) is 58.3 Å². The molecule has 0 bridgehead atoms. The van der Waals surface area contributed by atoms with Gasteiger partial charge in [0.1, 0.15) is 0 Å². The van der Waals surface area contributed by atoms with Crippen molar-refractivity contribution in [3.8, 4) is 0 Å². The summed E-state index contributed by atoms with van der Waals surface area (Å²) in [6.07, 6.45) is 5.71. The highest BCUT2D eigenvalue weighted by molar-refractivity contribution is 5.68. The highest BCUT2D eigenvalue weighted by Gasteiger charge is 2.35. The molecule has 1 aromatic rings. The molecule has 0 saturated carbocycles. The molecule has 3 aliphatic heterocycles. The third-order valence-corrected chi connectivity index (χ3v) is 6.80. The minimum Gasteiger partial charge on any atom is -0.379 e. The van der Waals surface area contributed by atoms with Gasteiger partial charge in [-0.15, -0.1) is 0 Å². The van der Waals surface area contributed by atoms with Gasteiger partial charge >= 0.3 is 0 Å². The second-order valence-electron chi connectivity index (χ2n) is 9.57. The van der Waals surface area contributed by atoms with Crippen molar-refractivity contribution in [2.45, 2.75) is 59.5 Å². The topological polar surface area (TPSA) is 57.9 Å². The molecular formula is C26H39N5O. The summed E-state index contributed by atoms with van der Waals surface area (Å²) in [5.41, 5.74) is 14.6. The van der Waals surface area contributed by atoms with Crippen molar-refractivity contribution in [2.75, 3.05) is 44.3 Å². The van der Waals surface area contributed by atoms with Crippen LogP contribution in [0.5, 0.6) is 0 Å². The fraction of sp³-hybridized carbons (Fsp3) is 0.577. The van der Waals surface area contributed by atoms with Crippen molar-refractivity contribution in [2.24, 2.45) is 5.73 Å². The molecule has 0 amide bonds. The molecule has 1 aromatic heterocycles. The number of pyridine rings is 1. The van der Waals surface area contributed by atoms with Crippen LogP contribution < -0.4 is 10.6 Å². The van der Waals surface area contributed by atoms with Gasteiger partial charge in [-0.25, -0.2) is 0 Å². The van der Waals surface area contributed by atoms with Crippen LogP contribution in [0.15, 0.2) is 46.9 Å². The molecule has 2 N–H and O–H groups in total. The van der Waals surface area contributed by atoms with E-state index < -0.39 is 0 Å². The van der Waals surface area contributed by atoms with Crippen molar-refractivity contribution >= 4 is 5.69 Å². The van der Waals surface area contributed by atoms with E-state index in [-0.39, 0.29) is 0 Å². The van der Waals surface area contributed by atoms with Crippen molar-refractivity contribution < 1.29 is 4.74 Å². The predicted octanol–water partition coefficient (Wildman–Crippen LogP) is 3.97. The van der Waals surface area contributed by atoms with E-state index in [1.54, 1.807) is 0 Å². The first-order valence-electron chi connectivity index (χ1n) is 12.1. The van der Waals surface area contributed by atoms with Crippen LogP contribution in [-0.4, -0.2) is 60.2 Å². The van der Waals surface area contributed by atoms with Crippen molar-refractivity contribution in [3.05, 3.63) is 58.3 Å². The molecule has 1 fully saturated rings. The number of ether oxygens (including phenoxy) is 1. The quantitative estimate of drug-likeness (QED) is 0.697. The molecule has 0 radical (unpaired) electrons. The van der Waals surface area contributed by atoms with E-state index in [0.717, 1.165) is 62.9 Å². The number of nitrogens with two attached hydrogens (primary N) is 1. The maximum Gasteiger partial charge on any atom is 0.0782 e. The zero-order valence-electron chi connectivity index (χ0n) is 20.4. The van der Waals surface area contributed by atoms with Crippen LogP contribution in [0.2, 0.25) is 0 Å². The van der Waals surface area contributed by atoms with E-state index in [1.165, 1.54) is 22.5 Å². The minimum absolute atomic E-state index is 0.386. The van der Waals surface area contributed by atoms with Crippen LogP contribution in [0.4, 0.5) is 5.69 Å². The van der Waals surface area contributed by atoms with E-state index in [4.69, 9.17) is 15.5 Å². The standard InChI is InChI=1S/C26H39N5O/c1-6-21(17-29-9-11-32-12-10-29)30-16-20(5)26-25(30)13-19(4)15-31(26)24-8-7-22(18(2)3)28-23(24)14-27/h7-8,13,15,18,21H,6,9-12,14,16-17,27H2,1-5H3/t21-/m1/s1. The van der Waals surface area contributed by atoms with Crippen LogP contribution in [0.3, 0.4) is 0 Å². The molecule has 4 rings (SSSR count). The molecule has 4 heterocycles. The maximum absolute atomic E-state index is 6.17. The molecule has 1 atom stereocenters. The lowest BCUT2D eigenvalue weighted by Crippen LogP contribution is -2.46. The maximum atomic E-state index is 6.17. The highest BCUT2D eigenvalue weighted by atomic mass is 16.5. The summed E-state index contributed by atoms with van der Waals surface area (Å²) in [6.45, 7) is 17.3. The van der Waals surface area contributed by atoms with E-state index >= 15 is 0 Å². The first-order chi connectivity index (χ1) is 15.4. The number of nitrogens with zero attached hydrogens (tertiary/aromatic N) is 4. The summed E-state index contributed by atoms with van der Waals surface area (Å²) in [5, 5.41) is 0. The molecule has 174 valence electrons. The fourth-order valence-electron chi connectivity index (χ4n) is 5.02. The average Bonchev–Trinajstić information content (AvgIpc) is 3.13. The van der Waals surface area contributed by atoms with Crippen molar-refractivity contribution in [1.29, 1.82) is 0 Å². The fourth-order valence-corrected chi connectivity index (χ4v) is 5.02. The Hall–Kier alpha value is -2.15. The van der Waals surface area contributed by atoms with Crippen molar-refractivity contribution in [3.63, 3.8) is 0 Å². The summed E-state index contributed by atoms with van der Waals surface area (Å²) >= 11 is 0. The first kappa shape index (κ1) is 23.0. The zero-order chi connectivity index (χ0) is 22.8. The number of fused-ring (bicyclic) bond motifs is 1. The molecule has 6 nitrogen and oxygen atoms in total. The Bertz CT molecular complexity index is 926. The highest BCUT2D eigenvalue weighted by Crippen LogP contribution is 2.40. The molecule has 6 heteroatoms. The normalized spacial score (nSPS) is 20.6. The Labute approximate surface area is 193 Å². The van der Waals surface area contributed by atoms with Gasteiger partial charge in [-0.1, -0.05) is 20.8 Å². The molecule has 0 spiro atoms. The predicted molar refractivity (Wildman–Crippen MR) is 131 cm³/mol. The lowest BCUT2D eigenvalue weighted by Gasteiger charge is -2.38. The lowest BCUT2D eigenvalue weighted by atomic mass is 10.0. The Morgan fingerprint density at radius 2 is 1.91 bits per heavy atom. The molecule has 32 heavy (non-hydrogen) atoms. The molecule has 0 unspecified atom stereocenters. The Morgan fingerprint density at radius 3 is 2.56 bits per heavy atom. The lowest BCUT2D eigenvalue weighted by molar-refractivity contribution is 0.0267. The molecule has 0 aromatic carbocycles. The second-order valence-corrected chi connectivity index (χ2v) is 9.57. The van der Waals surface area contributed by atoms with Crippen LogP contribution >= 0.6 is 0 Å². The summed E-state index contributed by atoms with van der Waals surface area (Å²) in [5.74, 6) is 0.386. The number of allylic oxidation sites excluding steroid dienone is 2. The van der Waals surface area contributed by atoms with E-state index in [9.17, 15) is 0 Å². The molecular weight excluding hydrogens is 398 g/mol. The van der Waals surface area contributed by atoms with Gasteiger partial charge in [-0.3, -0.25) is 9.88 Å². The minimum atomic E-state index is 0.386. The number of hydrogen-bond donors (Lipinski definition) is 1. The van der Waals surface area contributed by atoms with Gasteiger partial charge < -0.3 is 20.3 Å². The van der Waals surface area contributed by atoms with Gasteiger partial charge in [-0.2, -0.15) is 0 Å². The number of anilines is 1. The first-order valence-corrected chi connectivity index (χ1v) is 12.1. The number of aromatic nitrogens is 1. The van der Waals surface area contributed by atoms with Gasteiger partial charge in [-0.05, 0) is 55.5 Å². The Kier molecular flexibility index (Phi) is 7.03. The number of rotatable bonds is 7. The summed E-state index contributed by atoms with van der Waals surface area (Å²) in [6, 6.07) is 4.83. The Morgan fingerprint density at radius 1 is 1.16 bits per heavy atom. The molecule has 1 saturated heterocycles. The number of hydrogen-bond acceptors (Lipinski definition) is 6. The van der Waals surface area contributed by atoms with Gasteiger partial charge in [0.2, 0.25) is 0 Å². The average molecular weight is 438 g/mol. The number of morpholine rings is 1. The summed E-state index contributed by atoms with van der Waals surface area (Å²) < 4.78 is 5.56. The zero-order valence-corrected chi connectivity index (χ0v) is 20.4. The third-order valence-electron chi connectivity index (χ3n) is 6.80. The van der Waals surface area contributed by atoms with E-state index in [2.05, 4.69) is 73.7 Å². The smallest absolute Gasteiger partial charge is 0.0782 e. The van der Waals surface area contributed by atoms with Crippen LogP contribution in [0, 0.1) is 0 Å². The van der Waals surface area contributed by atoms with Crippen molar-refractivity contribution in [1.82, 2.24) is 14.8 Å². The van der Waals surface area contributed by atoms with Gasteiger partial charge in [0.15, 0.2) is 0 Å². The van der Waals surface area contributed by atoms with E-state index in [0.29, 0.717) is 18.5 Å². The van der Waals surface area contributed by atoms with Gasteiger partial charge in [0.05, 0.1) is 36.0 Å². The summed E-state index contributed by atoms with van der Waals surface area (Å²) in [4.78, 5) is 12.4. The van der Waals surface area contributed by atoms with Crippen LogP contribution in [-0.2, 0) is 11.3 Å². The molecule has 3 aliphatic rings. The van der Waals surface area contributed by atoms with E-state index in [1.807, 2.05) is 0 Å². The second kappa shape index (κ2) is 9.77. The van der Waals surface area contributed by atoms with Gasteiger partial charge in [0.25, 0.3) is 0 Å².